The average molecular weight is 602 g/mol. The Bertz CT molecular complexity index is 2120. The molecule has 8 heteroatoms. The Balaban J connectivity index is 1.16. The first-order valence-electron chi connectivity index (χ1n) is 15.8. The molecule has 0 radical (unpaired) electrons. The van der Waals surface area contributed by atoms with Crippen molar-refractivity contribution >= 4 is 49.4 Å². The van der Waals surface area contributed by atoms with Crippen LogP contribution in [-0.4, -0.2) is 49.6 Å². The molecule has 0 spiro atoms. The minimum atomic E-state index is 0.0997. The van der Waals surface area contributed by atoms with Crippen LogP contribution >= 0.6 is 11.3 Å². The Morgan fingerprint density at radius 1 is 1.00 bits per heavy atom. The number of aromatic nitrogens is 4. The molecule has 9 rings (SSSR count). The first kappa shape index (κ1) is 26.3. The molecule has 2 unspecified atom stereocenters. The number of methoxy groups -OCH3 is 1. The van der Waals surface area contributed by atoms with Crippen LogP contribution in [0.15, 0.2) is 60.1 Å². The van der Waals surface area contributed by atoms with E-state index >= 15 is 0 Å². The number of amides is 1. The highest BCUT2D eigenvalue weighted by atomic mass is 32.1. The Morgan fingerprint density at radius 3 is 2.61 bits per heavy atom. The van der Waals surface area contributed by atoms with Crippen molar-refractivity contribution in [2.45, 2.75) is 45.2 Å². The molecule has 3 aromatic carbocycles. The van der Waals surface area contributed by atoms with Gasteiger partial charge in [-0.3, -0.25) is 4.79 Å². The number of hydrogen-bond acceptors (Lipinski definition) is 5. The summed E-state index contributed by atoms with van der Waals surface area (Å²) in [7, 11) is 3.74. The summed E-state index contributed by atoms with van der Waals surface area (Å²) in [5.74, 6) is 3.57. The second kappa shape index (κ2) is 9.66. The zero-order valence-electron chi connectivity index (χ0n) is 25.3. The minimum Gasteiger partial charge on any atom is -0.494 e. The van der Waals surface area contributed by atoms with Gasteiger partial charge in [-0.2, -0.15) is 0 Å². The number of likely N-dealkylation sites (tertiary alicyclic amines) is 1. The van der Waals surface area contributed by atoms with Gasteiger partial charge in [-0.15, -0.1) is 11.3 Å². The van der Waals surface area contributed by atoms with Crippen molar-refractivity contribution in [3.63, 3.8) is 0 Å². The Kier molecular flexibility index (Phi) is 5.77. The van der Waals surface area contributed by atoms with E-state index in [-0.39, 0.29) is 5.91 Å². The predicted octanol–water partition coefficient (Wildman–Crippen LogP) is 7.76. The fourth-order valence-electron chi connectivity index (χ4n) is 7.94. The number of ether oxygens (including phenoxy) is 1. The fourth-order valence-corrected chi connectivity index (χ4v) is 8.60. The number of aryl methyl sites for hydroxylation is 1. The molecule has 2 bridgehead atoms. The lowest BCUT2D eigenvalue weighted by Gasteiger charge is -2.27. The van der Waals surface area contributed by atoms with Crippen molar-refractivity contribution in [1.29, 1.82) is 0 Å². The maximum Gasteiger partial charge on any atom is 0.254 e. The van der Waals surface area contributed by atoms with Crippen LogP contribution in [0.4, 0.5) is 0 Å². The zero-order valence-corrected chi connectivity index (χ0v) is 26.1. The van der Waals surface area contributed by atoms with Crippen molar-refractivity contribution < 1.29 is 9.53 Å². The number of nitrogens with zero attached hydrogens (tertiary/aromatic N) is 5. The molecule has 3 aliphatic rings. The van der Waals surface area contributed by atoms with Gasteiger partial charge < -0.3 is 18.8 Å². The van der Waals surface area contributed by atoms with Crippen molar-refractivity contribution in [2.75, 3.05) is 13.7 Å². The van der Waals surface area contributed by atoms with E-state index < -0.39 is 0 Å². The zero-order chi connectivity index (χ0) is 29.7. The number of rotatable bonds is 6. The molecule has 1 aliphatic heterocycles. The molecule has 3 aromatic heterocycles. The Labute approximate surface area is 260 Å². The fraction of sp³-hybridized carbons (Fsp3) is 0.361. The van der Waals surface area contributed by atoms with Gasteiger partial charge in [0.15, 0.2) is 5.82 Å². The van der Waals surface area contributed by atoms with E-state index in [0.717, 1.165) is 47.6 Å². The number of imidazole rings is 1. The number of carbonyl (C=O) groups is 1. The van der Waals surface area contributed by atoms with E-state index in [2.05, 4.69) is 75.5 Å². The lowest BCUT2D eigenvalue weighted by molar-refractivity contribution is 0.0696. The highest BCUT2D eigenvalue weighted by molar-refractivity contribution is 7.16. The SMILES string of the molecule is COc1cc(C(=O)N2CC3CCC2[C@@H]3C)cc2nc(-c3cc4ccc(-c5ccc6scnc6c5)cc4n3CC3CC3)n(C)c12. The highest BCUT2D eigenvalue weighted by Gasteiger charge is 2.46. The molecule has 7 nitrogen and oxygen atoms in total. The van der Waals surface area contributed by atoms with E-state index in [4.69, 9.17) is 9.72 Å². The lowest BCUT2D eigenvalue weighted by Crippen LogP contribution is -2.38. The van der Waals surface area contributed by atoms with Crippen LogP contribution in [-0.2, 0) is 13.6 Å². The first-order valence-corrected chi connectivity index (χ1v) is 16.7. The number of piperidine rings is 1. The van der Waals surface area contributed by atoms with Gasteiger partial charge in [0.1, 0.15) is 11.3 Å². The van der Waals surface area contributed by atoms with Crippen LogP contribution in [0.25, 0.3) is 54.8 Å². The van der Waals surface area contributed by atoms with Crippen LogP contribution in [0.5, 0.6) is 5.75 Å². The standard InChI is InChI=1S/C36H35N5O2S/c1-20-25-8-10-29(20)41(18-25)36(42)26-13-28-34(32(16-26)43-3)39(2)35(38-28)31-15-24-7-6-23(14-30(24)40(31)17-21-4-5-21)22-9-11-33-27(12-22)37-19-44-33/h6-7,9,11-16,19-21,25,29H,4-5,8,10,17-18H2,1-3H3/t20-,25?,29?/m1/s1. The normalized spacial score (nSPS) is 21.3. The Morgan fingerprint density at radius 2 is 1.84 bits per heavy atom. The van der Waals surface area contributed by atoms with Gasteiger partial charge in [0.25, 0.3) is 5.91 Å². The second-order valence-electron chi connectivity index (χ2n) is 13.2. The summed E-state index contributed by atoms with van der Waals surface area (Å²) >= 11 is 1.67. The molecule has 2 aliphatic carbocycles. The van der Waals surface area contributed by atoms with Crippen molar-refractivity contribution in [2.24, 2.45) is 24.8 Å². The molecule has 2 saturated carbocycles. The molecule has 0 N–H and O–H groups in total. The van der Waals surface area contributed by atoms with E-state index in [1.165, 1.54) is 46.0 Å². The highest BCUT2D eigenvalue weighted by Crippen LogP contribution is 2.44. The molecule has 6 aromatic rings. The maximum absolute atomic E-state index is 13.8. The number of carbonyl (C=O) groups excluding carboxylic acids is 1. The minimum absolute atomic E-state index is 0.0997. The summed E-state index contributed by atoms with van der Waals surface area (Å²) in [4.78, 5) is 25.6. The molecular weight excluding hydrogens is 566 g/mol. The molecule has 3 fully saturated rings. The van der Waals surface area contributed by atoms with E-state index in [9.17, 15) is 4.79 Å². The average Bonchev–Trinajstić information content (AvgIpc) is 3.34. The monoisotopic (exact) mass is 601 g/mol. The van der Waals surface area contributed by atoms with Crippen molar-refractivity contribution in [1.82, 2.24) is 24.0 Å². The number of thiazole rings is 1. The number of hydrogen-bond donors (Lipinski definition) is 0. The van der Waals surface area contributed by atoms with Crippen LogP contribution in [0.1, 0.15) is 43.0 Å². The predicted molar refractivity (Wildman–Crippen MR) is 176 cm³/mol. The summed E-state index contributed by atoms with van der Waals surface area (Å²) in [5, 5.41) is 1.20. The van der Waals surface area contributed by atoms with Crippen molar-refractivity contribution in [3.8, 4) is 28.4 Å². The summed E-state index contributed by atoms with van der Waals surface area (Å²) in [6.45, 7) is 4.13. The molecule has 222 valence electrons. The van der Waals surface area contributed by atoms with Gasteiger partial charge in [0, 0.05) is 42.6 Å². The topological polar surface area (TPSA) is 65.2 Å². The van der Waals surface area contributed by atoms with Gasteiger partial charge in [0.05, 0.1) is 34.0 Å². The van der Waals surface area contributed by atoms with E-state index in [0.29, 0.717) is 35.1 Å². The van der Waals surface area contributed by atoms with Crippen LogP contribution in [0.2, 0.25) is 0 Å². The summed E-state index contributed by atoms with van der Waals surface area (Å²) in [6.07, 6.45) is 4.87. The number of fused-ring (bicyclic) bond motifs is 5. The molecule has 3 atom stereocenters. The van der Waals surface area contributed by atoms with Crippen molar-refractivity contribution in [3.05, 3.63) is 65.7 Å². The maximum atomic E-state index is 13.8. The first-order chi connectivity index (χ1) is 21.5. The quantitative estimate of drug-likeness (QED) is 0.196. The molecular formula is C36H35N5O2S. The van der Waals surface area contributed by atoms with Gasteiger partial charge >= 0.3 is 0 Å². The summed E-state index contributed by atoms with van der Waals surface area (Å²) in [5.41, 5.74) is 10.0. The van der Waals surface area contributed by atoms with E-state index in [1.807, 2.05) is 17.6 Å². The third kappa shape index (κ3) is 3.96. The molecule has 44 heavy (non-hydrogen) atoms. The van der Waals surface area contributed by atoms with Crippen LogP contribution in [0.3, 0.4) is 0 Å². The summed E-state index contributed by atoms with van der Waals surface area (Å²) < 4.78 is 11.7. The van der Waals surface area contributed by atoms with Gasteiger partial charge in [0.2, 0.25) is 0 Å². The summed E-state index contributed by atoms with van der Waals surface area (Å²) in [6, 6.07) is 19.8. The number of benzene rings is 3. The van der Waals surface area contributed by atoms with E-state index in [1.54, 1.807) is 18.4 Å². The van der Waals surface area contributed by atoms with Gasteiger partial charge in [-0.1, -0.05) is 25.1 Å². The second-order valence-corrected chi connectivity index (χ2v) is 14.0. The molecule has 4 heterocycles. The van der Waals surface area contributed by atoms with Crippen LogP contribution < -0.4 is 4.74 Å². The lowest BCUT2D eigenvalue weighted by atomic mass is 10.0. The molecule has 1 saturated heterocycles. The largest absolute Gasteiger partial charge is 0.494 e. The molecule has 1 amide bonds. The van der Waals surface area contributed by atoms with Crippen LogP contribution in [0, 0.1) is 17.8 Å². The smallest absolute Gasteiger partial charge is 0.254 e. The third-order valence-electron chi connectivity index (χ3n) is 10.6. The third-order valence-corrected chi connectivity index (χ3v) is 11.4. The van der Waals surface area contributed by atoms with Gasteiger partial charge in [-0.05, 0) is 91.0 Å². The Hall–Kier alpha value is -4.17. The van der Waals surface area contributed by atoms with Gasteiger partial charge in [-0.25, -0.2) is 9.97 Å².